The summed E-state index contributed by atoms with van der Waals surface area (Å²) in [5.74, 6) is -0.610. The van der Waals surface area contributed by atoms with Crippen molar-refractivity contribution in [2.24, 2.45) is 0 Å². The number of rotatable bonds is 1. The minimum Gasteiger partial charge on any atom is -0.396 e. The zero-order chi connectivity index (χ0) is 14.1. The fourth-order valence-electron chi connectivity index (χ4n) is 3.18. The molecule has 1 atom stereocenters. The number of fused-ring (bicyclic) bond motifs is 1. The Hall–Kier alpha value is -1.62. The number of amides is 1. The number of hydrogen-bond donors (Lipinski definition) is 1. The number of carbonyl (C=O) groups excluding carboxylic acids is 1. The van der Waals surface area contributed by atoms with Crippen LogP contribution in [-0.2, 0) is 0 Å². The van der Waals surface area contributed by atoms with Crippen molar-refractivity contribution in [1.29, 1.82) is 0 Å². The average molecular weight is 277 g/mol. The fourth-order valence-corrected chi connectivity index (χ4v) is 3.18. The number of nitrogens with zero attached hydrogens (tertiary/aromatic N) is 2. The molecule has 0 radical (unpaired) electrons. The molecular weight excluding hydrogens is 257 g/mol. The number of piperazine rings is 1. The topological polar surface area (TPSA) is 49.6 Å². The van der Waals surface area contributed by atoms with E-state index in [1.165, 1.54) is 25.0 Å². The number of carbonyl (C=O) groups is 1. The van der Waals surface area contributed by atoms with E-state index in [0.717, 1.165) is 32.6 Å². The van der Waals surface area contributed by atoms with Gasteiger partial charge in [-0.2, -0.15) is 0 Å². The van der Waals surface area contributed by atoms with Gasteiger partial charge in [-0.3, -0.25) is 9.69 Å². The molecule has 1 unspecified atom stereocenters. The summed E-state index contributed by atoms with van der Waals surface area (Å²) in [6, 6.07) is 4.78. The zero-order valence-electron chi connectivity index (χ0n) is 11.5. The Labute approximate surface area is 118 Å². The van der Waals surface area contributed by atoms with E-state index in [1.807, 2.05) is 4.90 Å². The van der Waals surface area contributed by atoms with Crippen LogP contribution in [0.2, 0.25) is 0 Å². The van der Waals surface area contributed by atoms with E-state index in [4.69, 9.17) is 5.73 Å². The number of anilines is 1. The molecule has 4 nitrogen and oxygen atoms in total. The lowest BCUT2D eigenvalue weighted by Crippen LogP contribution is -2.56. The van der Waals surface area contributed by atoms with Crippen LogP contribution < -0.4 is 5.73 Å². The van der Waals surface area contributed by atoms with Crippen LogP contribution >= 0.6 is 0 Å². The van der Waals surface area contributed by atoms with Gasteiger partial charge in [0.2, 0.25) is 0 Å². The molecule has 2 fully saturated rings. The van der Waals surface area contributed by atoms with Crippen LogP contribution in [0.4, 0.5) is 10.1 Å². The number of nitrogen functional groups attached to an aromatic ring is 1. The van der Waals surface area contributed by atoms with Crippen molar-refractivity contribution in [2.45, 2.75) is 25.3 Å². The monoisotopic (exact) mass is 277 g/mol. The maximum absolute atomic E-state index is 13.5. The molecule has 2 aliphatic heterocycles. The van der Waals surface area contributed by atoms with Gasteiger partial charge in [-0.1, -0.05) is 6.42 Å². The minimum absolute atomic E-state index is 0.0821. The Morgan fingerprint density at radius 3 is 2.90 bits per heavy atom. The highest BCUT2D eigenvalue weighted by atomic mass is 19.1. The molecule has 1 aromatic rings. The molecule has 3 rings (SSSR count). The van der Waals surface area contributed by atoms with Crippen molar-refractivity contribution in [1.82, 2.24) is 9.80 Å². The Balaban J connectivity index is 1.72. The van der Waals surface area contributed by atoms with Crippen LogP contribution in [0.5, 0.6) is 0 Å². The van der Waals surface area contributed by atoms with E-state index in [0.29, 0.717) is 11.6 Å². The summed E-state index contributed by atoms with van der Waals surface area (Å²) in [5.41, 5.74) is 5.92. The molecule has 0 spiro atoms. The van der Waals surface area contributed by atoms with E-state index >= 15 is 0 Å². The highest BCUT2D eigenvalue weighted by Crippen LogP contribution is 2.22. The van der Waals surface area contributed by atoms with Gasteiger partial charge >= 0.3 is 0 Å². The van der Waals surface area contributed by atoms with Crippen LogP contribution in [0.3, 0.4) is 0 Å². The second-order valence-electron chi connectivity index (χ2n) is 5.67. The van der Waals surface area contributed by atoms with Crippen LogP contribution in [0.1, 0.15) is 29.6 Å². The lowest BCUT2D eigenvalue weighted by Gasteiger charge is -2.44. The van der Waals surface area contributed by atoms with Gasteiger partial charge in [0.1, 0.15) is 5.82 Å². The van der Waals surface area contributed by atoms with Crippen molar-refractivity contribution in [3.8, 4) is 0 Å². The Bertz CT molecular complexity index is 520. The smallest absolute Gasteiger partial charge is 0.254 e. The quantitative estimate of drug-likeness (QED) is 0.795. The molecule has 2 N–H and O–H groups in total. The van der Waals surface area contributed by atoms with Crippen LogP contribution in [0.15, 0.2) is 18.2 Å². The van der Waals surface area contributed by atoms with Crippen molar-refractivity contribution in [2.75, 3.05) is 31.9 Å². The van der Waals surface area contributed by atoms with Gasteiger partial charge in [0.05, 0.1) is 5.69 Å². The zero-order valence-corrected chi connectivity index (χ0v) is 11.5. The van der Waals surface area contributed by atoms with E-state index < -0.39 is 5.82 Å². The van der Waals surface area contributed by atoms with Crippen LogP contribution in [-0.4, -0.2) is 47.9 Å². The van der Waals surface area contributed by atoms with Gasteiger partial charge in [-0.15, -0.1) is 0 Å². The largest absolute Gasteiger partial charge is 0.396 e. The standard InChI is InChI=1S/C15H20FN3O/c16-13-9-11(4-5-14(13)17)15(20)19-8-7-18-6-2-1-3-12(18)10-19/h4-5,9,12H,1-3,6-8,10,17H2. The predicted molar refractivity (Wildman–Crippen MR) is 75.9 cm³/mol. The first-order valence-electron chi connectivity index (χ1n) is 7.23. The van der Waals surface area contributed by atoms with Gasteiger partial charge < -0.3 is 10.6 Å². The molecule has 2 heterocycles. The molecule has 20 heavy (non-hydrogen) atoms. The molecule has 0 saturated carbocycles. The van der Waals surface area contributed by atoms with Crippen molar-refractivity contribution in [3.63, 3.8) is 0 Å². The average Bonchev–Trinajstić information content (AvgIpc) is 2.49. The molecule has 0 aliphatic carbocycles. The summed E-state index contributed by atoms with van der Waals surface area (Å²) >= 11 is 0. The van der Waals surface area contributed by atoms with E-state index in [-0.39, 0.29) is 11.6 Å². The number of hydrogen-bond acceptors (Lipinski definition) is 3. The van der Waals surface area contributed by atoms with Gasteiger partial charge in [0.25, 0.3) is 5.91 Å². The van der Waals surface area contributed by atoms with Crippen molar-refractivity contribution >= 4 is 11.6 Å². The third-order valence-corrected chi connectivity index (χ3v) is 4.37. The van der Waals surface area contributed by atoms with E-state index in [1.54, 1.807) is 6.07 Å². The Morgan fingerprint density at radius 2 is 2.10 bits per heavy atom. The predicted octanol–water partition coefficient (Wildman–Crippen LogP) is 1.72. The summed E-state index contributed by atoms with van der Waals surface area (Å²) in [6.07, 6.45) is 3.65. The second kappa shape index (κ2) is 5.40. The number of benzene rings is 1. The molecule has 0 aromatic heterocycles. The minimum atomic E-state index is -0.521. The molecule has 5 heteroatoms. The number of piperidine rings is 1. The molecule has 0 bridgehead atoms. The first kappa shape index (κ1) is 13.4. The van der Waals surface area contributed by atoms with Gasteiger partial charge in [-0.05, 0) is 37.6 Å². The normalized spacial score (nSPS) is 23.4. The van der Waals surface area contributed by atoms with Gasteiger partial charge in [0.15, 0.2) is 0 Å². The van der Waals surface area contributed by atoms with Crippen LogP contribution in [0, 0.1) is 5.82 Å². The summed E-state index contributed by atoms with van der Waals surface area (Å²) in [7, 11) is 0. The third kappa shape index (κ3) is 2.50. The first-order chi connectivity index (χ1) is 9.65. The first-order valence-corrected chi connectivity index (χ1v) is 7.23. The molecule has 1 amide bonds. The summed E-state index contributed by atoms with van der Waals surface area (Å²) in [5, 5.41) is 0. The third-order valence-electron chi connectivity index (χ3n) is 4.37. The molecule has 2 saturated heterocycles. The summed E-state index contributed by atoms with van der Waals surface area (Å²) < 4.78 is 13.5. The van der Waals surface area contributed by atoms with Crippen LogP contribution in [0.25, 0.3) is 0 Å². The summed E-state index contributed by atoms with van der Waals surface area (Å²) in [4.78, 5) is 16.8. The maximum Gasteiger partial charge on any atom is 0.254 e. The molecular formula is C15H20FN3O. The second-order valence-corrected chi connectivity index (χ2v) is 5.67. The molecule has 1 aromatic carbocycles. The highest BCUT2D eigenvalue weighted by molar-refractivity contribution is 5.94. The van der Waals surface area contributed by atoms with E-state index in [2.05, 4.69) is 4.90 Å². The van der Waals surface area contributed by atoms with E-state index in [9.17, 15) is 9.18 Å². The number of halogens is 1. The molecule has 108 valence electrons. The Morgan fingerprint density at radius 1 is 1.25 bits per heavy atom. The maximum atomic E-state index is 13.5. The Kier molecular flexibility index (Phi) is 3.61. The van der Waals surface area contributed by atoms with Crippen molar-refractivity contribution < 1.29 is 9.18 Å². The SMILES string of the molecule is Nc1ccc(C(=O)N2CCN3CCCCC3C2)cc1F. The lowest BCUT2D eigenvalue weighted by molar-refractivity contribution is 0.0372. The van der Waals surface area contributed by atoms with Crippen molar-refractivity contribution in [3.05, 3.63) is 29.6 Å². The lowest BCUT2D eigenvalue weighted by atomic mass is 9.99. The van der Waals surface area contributed by atoms with Gasteiger partial charge in [-0.25, -0.2) is 4.39 Å². The highest BCUT2D eigenvalue weighted by Gasteiger charge is 2.31. The van der Waals surface area contributed by atoms with Gasteiger partial charge in [0, 0.05) is 31.2 Å². The molecule has 2 aliphatic rings. The number of nitrogens with two attached hydrogens (primary N) is 1. The summed E-state index contributed by atoms with van der Waals surface area (Å²) in [6.45, 7) is 3.54. The fraction of sp³-hybridized carbons (Fsp3) is 0.533.